The zero-order valence-corrected chi connectivity index (χ0v) is 17.7. The van der Waals surface area contributed by atoms with Gasteiger partial charge in [-0.1, -0.05) is 15.9 Å². The van der Waals surface area contributed by atoms with Crippen molar-refractivity contribution in [3.63, 3.8) is 0 Å². The lowest BCUT2D eigenvalue weighted by Gasteiger charge is -2.18. The second-order valence-corrected chi connectivity index (χ2v) is 7.43. The lowest BCUT2D eigenvalue weighted by molar-refractivity contribution is -0.137. The molecule has 10 heteroatoms. The van der Waals surface area contributed by atoms with Crippen LogP contribution in [0.1, 0.15) is 21.5 Å². The maximum atomic E-state index is 12.6. The summed E-state index contributed by atoms with van der Waals surface area (Å²) >= 11 is 3.33. The van der Waals surface area contributed by atoms with E-state index in [4.69, 9.17) is 0 Å². The summed E-state index contributed by atoms with van der Waals surface area (Å²) in [7, 11) is 1.40. The standard InChI is InChI=1S/C20H19BrF3N3O3/c1-12-9-15(21)7-8-16(12)26-17(28)11-27(2)18(29)10-25-19(30)13-3-5-14(6-4-13)20(22,23)24/h3-9H,10-11H2,1-2H3,(H,25,30)(H,26,28). The molecule has 2 rings (SSSR count). The minimum atomic E-state index is -4.50. The molecule has 0 heterocycles. The molecule has 0 aliphatic carbocycles. The first kappa shape index (κ1) is 23.4. The first-order valence-electron chi connectivity index (χ1n) is 8.73. The molecule has 30 heavy (non-hydrogen) atoms. The van der Waals surface area contributed by atoms with Crippen molar-refractivity contribution < 1.29 is 27.6 Å². The van der Waals surface area contributed by atoms with E-state index in [9.17, 15) is 27.6 Å². The fourth-order valence-corrected chi connectivity index (χ4v) is 2.94. The molecule has 2 N–H and O–H groups in total. The molecule has 6 nitrogen and oxygen atoms in total. The van der Waals surface area contributed by atoms with Crippen LogP contribution in [-0.2, 0) is 15.8 Å². The van der Waals surface area contributed by atoms with Gasteiger partial charge in [0.15, 0.2) is 0 Å². The summed E-state index contributed by atoms with van der Waals surface area (Å²) < 4.78 is 38.5. The number of alkyl halides is 3. The molecule has 0 radical (unpaired) electrons. The van der Waals surface area contributed by atoms with Gasteiger partial charge < -0.3 is 15.5 Å². The van der Waals surface area contributed by atoms with E-state index in [1.807, 2.05) is 13.0 Å². The number of anilines is 1. The number of halogens is 4. The molecular weight excluding hydrogens is 467 g/mol. The van der Waals surface area contributed by atoms with Crippen LogP contribution in [-0.4, -0.2) is 42.8 Å². The first-order valence-corrected chi connectivity index (χ1v) is 9.52. The Labute approximate surface area is 179 Å². The molecule has 160 valence electrons. The Morgan fingerprint density at radius 3 is 2.27 bits per heavy atom. The van der Waals surface area contributed by atoms with E-state index in [1.165, 1.54) is 7.05 Å². The zero-order chi connectivity index (χ0) is 22.5. The van der Waals surface area contributed by atoms with Crippen LogP contribution in [0, 0.1) is 6.92 Å². The summed E-state index contributed by atoms with van der Waals surface area (Å²) in [5, 5.41) is 5.03. The molecule has 0 saturated carbocycles. The average molecular weight is 486 g/mol. The van der Waals surface area contributed by atoms with Gasteiger partial charge in [0.25, 0.3) is 5.91 Å². The number of carbonyl (C=O) groups is 3. The third kappa shape index (κ3) is 6.58. The monoisotopic (exact) mass is 485 g/mol. The largest absolute Gasteiger partial charge is 0.416 e. The molecule has 0 bridgehead atoms. The summed E-state index contributed by atoms with van der Waals surface area (Å²) in [5.41, 5.74) is 0.568. The van der Waals surface area contributed by atoms with Gasteiger partial charge in [-0.05, 0) is 55.0 Å². The minimum Gasteiger partial charge on any atom is -0.343 e. The Balaban J connectivity index is 1.85. The number of hydrogen-bond acceptors (Lipinski definition) is 3. The van der Waals surface area contributed by atoms with E-state index in [2.05, 4.69) is 26.6 Å². The number of hydrogen-bond donors (Lipinski definition) is 2. The van der Waals surface area contributed by atoms with Crippen molar-refractivity contribution in [2.45, 2.75) is 13.1 Å². The summed E-state index contributed by atoms with van der Waals surface area (Å²) in [6.45, 7) is 1.19. The molecule has 0 aliphatic heterocycles. The van der Waals surface area contributed by atoms with Crippen LogP contribution in [0.15, 0.2) is 46.9 Å². The van der Waals surface area contributed by atoms with E-state index in [0.717, 1.165) is 39.2 Å². The Morgan fingerprint density at radius 1 is 1.07 bits per heavy atom. The van der Waals surface area contributed by atoms with Gasteiger partial charge in [-0.15, -0.1) is 0 Å². The van der Waals surface area contributed by atoms with Crippen molar-refractivity contribution in [1.82, 2.24) is 10.2 Å². The third-order valence-electron chi connectivity index (χ3n) is 4.14. The molecule has 0 aromatic heterocycles. The number of nitrogens with one attached hydrogen (secondary N) is 2. The van der Waals surface area contributed by atoms with Gasteiger partial charge >= 0.3 is 6.18 Å². The van der Waals surface area contributed by atoms with Gasteiger partial charge in [-0.25, -0.2) is 0 Å². The van der Waals surface area contributed by atoms with Gasteiger partial charge in [-0.3, -0.25) is 14.4 Å². The van der Waals surface area contributed by atoms with Crippen LogP contribution in [0.2, 0.25) is 0 Å². The Bertz CT molecular complexity index is 947. The Morgan fingerprint density at radius 2 is 1.70 bits per heavy atom. The van der Waals surface area contributed by atoms with Crippen molar-refractivity contribution in [1.29, 1.82) is 0 Å². The number of nitrogens with zero attached hydrogens (tertiary/aromatic N) is 1. The number of likely N-dealkylation sites (N-methyl/N-ethyl adjacent to an activating group) is 1. The second kappa shape index (κ2) is 9.75. The summed E-state index contributed by atoms with van der Waals surface area (Å²) in [6.07, 6.45) is -4.50. The number of carbonyl (C=O) groups excluding carboxylic acids is 3. The topological polar surface area (TPSA) is 78.5 Å². The highest BCUT2D eigenvalue weighted by molar-refractivity contribution is 9.10. The van der Waals surface area contributed by atoms with Crippen molar-refractivity contribution in [2.24, 2.45) is 0 Å². The van der Waals surface area contributed by atoms with E-state index < -0.39 is 36.0 Å². The van der Waals surface area contributed by atoms with Crippen molar-refractivity contribution in [3.8, 4) is 0 Å². The molecule has 0 fully saturated rings. The van der Waals surface area contributed by atoms with E-state index in [-0.39, 0.29) is 12.1 Å². The second-order valence-electron chi connectivity index (χ2n) is 6.52. The normalized spacial score (nSPS) is 11.0. The van der Waals surface area contributed by atoms with Crippen LogP contribution in [0.25, 0.3) is 0 Å². The molecular formula is C20H19BrF3N3O3. The van der Waals surface area contributed by atoms with Crippen LogP contribution >= 0.6 is 15.9 Å². The number of benzene rings is 2. The van der Waals surface area contributed by atoms with Crippen LogP contribution in [0.5, 0.6) is 0 Å². The van der Waals surface area contributed by atoms with E-state index in [1.54, 1.807) is 12.1 Å². The minimum absolute atomic E-state index is 0.0121. The fourth-order valence-electron chi connectivity index (χ4n) is 2.46. The summed E-state index contributed by atoms with van der Waals surface area (Å²) in [4.78, 5) is 37.4. The molecule has 0 aliphatic rings. The quantitative estimate of drug-likeness (QED) is 0.655. The molecule has 0 saturated heterocycles. The average Bonchev–Trinajstić information content (AvgIpc) is 2.67. The molecule has 2 aromatic carbocycles. The summed E-state index contributed by atoms with van der Waals surface area (Å²) in [6, 6.07) is 8.97. The predicted octanol–water partition coefficient (Wildman–Crippen LogP) is 3.60. The first-order chi connectivity index (χ1) is 14.0. The van der Waals surface area contributed by atoms with E-state index in [0.29, 0.717) is 5.69 Å². The van der Waals surface area contributed by atoms with Gasteiger partial charge in [-0.2, -0.15) is 13.2 Å². The highest BCUT2D eigenvalue weighted by atomic mass is 79.9. The highest BCUT2D eigenvalue weighted by Gasteiger charge is 2.30. The van der Waals surface area contributed by atoms with E-state index >= 15 is 0 Å². The van der Waals surface area contributed by atoms with Crippen molar-refractivity contribution in [3.05, 3.63) is 63.6 Å². The third-order valence-corrected chi connectivity index (χ3v) is 4.64. The molecule has 3 amide bonds. The number of aryl methyl sites for hydroxylation is 1. The van der Waals surface area contributed by atoms with Gasteiger partial charge in [0.1, 0.15) is 0 Å². The van der Waals surface area contributed by atoms with Gasteiger partial charge in [0.05, 0.1) is 18.7 Å². The van der Waals surface area contributed by atoms with Crippen molar-refractivity contribution >= 4 is 39.3 Å². The van der Waals surface area contributed by atoms with Crippen molar-refractivity contribution in [2.75, 3.05) is 25.5 Å². The maximum Gasteiger partial charge on any atom is 0.416 e. The summed E-state index contributed by atoms with van der Waals surface area (Å²) in [5.74, 6) is -1.64. The smallest absolute Gasteiger partial charge is 0.343 e. The van der Waals surface area contributed by atoms with Crippen LogP contribution in [0.4, 0.5) is 18.9 Å². The maximum absolute atomic E-state index is 12.6. The predicted molar refractivity (Wildman–Crippen MR) is 109 cm³/mol. The molecule has 0 spiro atoms. The fraction of sp³-hybridized carbons (Fsp3) is 0.250. The molecule has 0 atom stereocenters. The van der Waals surface area contributed by atoms with Crippen LogP contribution in [0.3, 0.4) is 0 Å². The lowest BCUT2D eigenvalue weighted by atomic mass is 10.1. The highest BCUT2D eigenvalue weighted by Crippen LogP contribution is 2.29. The number of amides is 3. The number of rotatable bonds is 6. The lowest BCUT2D eigenvalue weighted by Crippen LogP contribution is -2.41. The van der Waals surface area contributed by atoms with Crippen LogP contribution < -0.4 is 10.6 Å². The zero-order valence-electron chi connectivity index (χ0n) is 16.1. The Kier molecular flexibility index (Phi) is 7.60. The Hall–Kier alpha value is -2.88. The molecule has 2 aromatic rings. The van der Waals surface area contributed by atoms with Gasteiger partial charge in [0, 0.05) is 22.8 Å². The van der Waals surface area contributed by atoms with Gasteiger partial charge in [0.2, 0.25) is 11.8 Å². The molecule has 0 unspecified atom stereocenters. The SMILES string of the molecule is Cc1cc(Br)ccc1NC(=O)CN(C)C(=O)CNC(=O)c1ccc(C(F)(F)F)cc1.